The van der Waals surface area contributed by atoms with Crippen molar-refractivity contribution in [2.45, 2.75) is 90.0 Å². The highest BCUT2D eigenvalue weighted by atomic mass is 16.5. The van der Waals surface area contributed by atoms with Gasteiger partial charge in [0, 0.05) is 22.4 Å². The third-order valence-electron chi connectivity index (χ3n) is 6.70. The largest absolute Gasteiger partial charge is 0.496 e. The first-order valence-corrected chi connectivity index (χ1v) is 12.3. The number of hydrogen-bond donors (Lipinski definition) is 2. The lowest BCUT2D eigenvalue weighted by Gasteiger charge is -2.37. The van der Waals surface area contributed by atoms with Gasteiger partial charge in [-0.3, -0.25) is 9.59 Å². The molecule has 0 spiro atoms. The summed E-state index contributed by atoms with van der Waals surface area (Å²) >= 11 is 0. The number of amides is 2. The number of para-hydroxylation sites is 1. The number of methoxy groups -OCH3 is 1. The molecule has 0 aliphatic heterocycles. The first-order chi connectivity index (χ1) is 15.9. The smallest absolute Gasteiger partial charge is 0.252 e. The maximum Gasteiger partial charge on any atom is 0.252 e. The Labute approximate surface area is 204 Å². The van der Waals surface area contributed by atoms with Crippen molar-refractivity contribution in [1.29, 1.82) is 0 Å². The van der Waals surface area contributed by atoms with Gasteiger partial charge in [0.05, 0.1) is 7.11 Å². The van der Waals surface area contributed by atoms with Gasteiger partial charge in [-0.15, -0.1) is 0 Å². The van der Waals surface area contributed by atoms with Crippen LogP contribution in [-0.2, 0) is 15.6 Å². The van der Waals surface area contributed by atoms with E-state index in [1.54, 1.807) is 7.11 Å². The Bertz CT molecular complexity index is 989. The minimum absolute atomic E-state index is 0.146. The predicted molar refractivity (Wildman–Crippen MR) is 139 cm³/mol. The number of nitrogens with one attached hydrogen (secondary N) is 2. The summed E-state index contributed by atoms with van der Waals surface area (Å²) in [6, 6.07) is 13.3. The van der Waals surface area contributed by atoms with Gasteiger partial charge in [-0.1, -0.05) is 79.0 Å². The summed E-state index contributed by atoms with van der Waals surface area (Å²) in [5.41, 5.74) is 1.92. The van der Waals surface area contributed by atoms with Gasteiger partial charge in [-0.25, -0.2) is 0 Å². The molecule has 5 heteroatoms. The summed E-state index contributed by atoms with van der Waals surface area (Å²) in [6.45, 7) is 12.7. The fourth-order valence-corrected chi connectivity index (χ4v) is 4.72. The van der Waals surface area contributed by atoms with E-state index in [0.29, 0.717) is 18.4 Å². The Morgan fingerprint density at radius 3 is 1.85 bits per heavy atom. The van der Waals surface area contributed by atoms with Crippen LogP contribution in [0.5, 0.6) is 5.75 Å². The summed E-state index contributed by atoms with van der Waals surface area (Å²) in [6.07, 6.45) is 4.15. The molecule has 1 aliphatic carbocycles. The van der Waals surface area contributed by atoms with Gasteiger partial charge < -0.3 is 15.4 Å². The Kier molecular flexibility index (Phi) is 7.44. The molecule has 3 rings (SSSR count). The topological polar surface area (TPSA) is 67.4 Å². The lowest BCUT2D eigenvalue weighted by Crippen LogP contribution is -2.57. The van der Waals surface area contributed by atoms with Gasteiger partial charge in [0.2, 0.25) is 5.91 Å². The second-order valence-electron chi connectivity index (χ2n) is 11.5. The molecule has 1 saturated carbocycles. The van der Waals surface area contributed by atoms with Crippen molar-refractivity contribution in [2.75, 3.05) is 12.4 Å². The lowest BCUT2D eigenvalue weighted by atomic mass is 9.77. The molecule has 0 radical (unpaired) electrons. The van der Waals surface area contributed by atoms with Crippen LogP contribution < -0.4 is 15.4 Å². The van der Waals surface area contributed by atoms with Crippen LogP contribution in [0.2, 0.25) is 0 Å². The molecule has 2 aromatic carbocycles. The van der Waals surface area contributed by atoms with Crippen LogP contribution in [-0.4, -0.2) is 24.5 Å². The highest BCUT2D eigenvalue weighted by Gasteiger charge is 2.41. The number of hydrogen-bond acceptors (Lipinski definition) is 3. The molecule has 34 heavy (non-hydrogen) atoms. The molecule has 0 atom stereocenters. The zero-order chi connectivity index (χ0) is 25.1. The molecule has 1 fully saturated rings. The van der Waals surface area contributed by atoms with Gasteiger partial charge in [0.25, 0.3) is 5.91 Å². The molecule has 2 N–H and O–H groups in total. The van der Waals surface area contributed by atoms with Crippen molar-refractivity contribution in [3.05, 3.63) is 59.2 Å². The van der Waals surface area contributed by atoms with Gasteiger partial charge in [0.1, 0.15) is 11.3 Å². The maximum atomic E-state index is 13.7. The first-order valence-electron chi connectivity index (χ1n) is 12.3. The second kappa shape index (κ2) is 9.81. The normalized spacial score (nSPS) is 16.0. The molecule has 0 aromatic heterocycles. The van der Waals surface area contributed by atoms with E-state index in [0.717, 1.165) is 41.8 Å². The van der Waals surface area contributed by atoms with E-state index in [1.807, 2.05) is 42.5 Å². The zero-order valence-corrected chi connectivity index (χ0v) is 21.8. The average molecular weight is 465 g/mol. The fraction of sp³-hybridized carbons (Fsp3) is 0.517. The van der Waals surface area contributed by atoms with Crippen molar-refractivity contribution < 1.29 is 14.3 Å². The van der Waals surface area contributed by atoms with E-state index in [4.69, 9.17) is 4.74 Å². The third kappa shape index (κ3) is 5.63. The van der Waals surface area contributed by atoms with Crippen molar-refractivity contribution in [2.24, 2.45) is 0 Å². The summed E-state index contributed by atoms with van der Waals surface area (Å²) in [7, 11) is 1.69. The number of rotatable bonds is 5. The van der Waals surface area contributed by atoms with Crippen LogP contribution in [0.15, 0.2) is 42.5 Å². The van der Waals surface area contributed by atoms with Crippen molar-refractivity contribution in [1.82, 2.24) is 5.32 Å². The quantitative estimate of drug-likeness (QED) is 0.541. The van der Waals surface area contributed by atoms with Crippen molar-refractivity contribution in [3.8, 4) is 5.75 Å². The number of carbonyl (C=O) groups is 2. The monoisotopic (exact) mass is 464 g/mol. The number of anilines is 1. The summed E-state index contributed by atoms with van der Waals surface area (Å²) in [4.78, 5) is 27.2. The lowest BCUT2D eigenvalue weighted by molar-refractivity contribution is -0.123. The maximum absolute atomic E-state index is 13.7. The van der Waals surface area contributed by atoms with Crippen LogP contribution >= 0.6 is 0 Å². The molecule has 2 amide bonds. The fourth-order valence-electron chi connectivity index (χ4n) is 4.72. The molecule has 0 heterocycles. The van der Waals surface area contributed by atoms with E-state index in [-0.39, 0.29) is 22.6 Å². The highest BCUT2D eigenvalue weighted by molar-refractivity contribution is 6.04. The number of carbonyl (C=O) groups excluding carboxylic acids is 2. The van der Waals surface area contributed by atoms with E-state index < -0.39 is 5.54 Å². The average Bonchev–Trinajstić information content (AvgIpc) is 2.78. The van der Waals surface area contributed by atoms with Gasteiger partial charge in [-0.2, -0.15) is 0 Å². The molecular weight excluding hydrogens is 424 g/mol. The minimum Gasteiger partial charge on any atom is -0.496 e. The van der Waals surface area contributed by atoms with E-state index in [9.17, 15) is 9.59 Å². The SMILES string of the molecule is COc1c(C(C)(C)C)cc(C(=O)NC2(C(=O)Nc3ccccc3)CCCCC2)cc1C(C)(C)C. The van der Waals surface area contributed by atoms with Gasteiger partial charge >= 0.3 is 0 Å². The number of benzene rings is 2. The van der Waals surface area contributed by atoms with Crippen molar-refractivity contribution >= 4 is 17.5 Å². The Hall–Kier alpha value is -2.82. The van der Waals surface area contributed by atoms with Crippen LogP contribution in [0.25, 0.3) is 0 Å². The van der Waals surface area contributed by atoms with E-state index >= 15 is 0 Å². The third-order valence-corrected chi connectivity index (χ3v) is 6.70. The molecule has 0 unspecified atom stereocenters. The van der Waals surface area contributed by atoms with Crippen LogP contribution in [0.3, 0.4) is 0 Å². The molecule has 0 bridgehead atoms. The van der Waals surface area contributed by atoms with Crippen LogP contribution in [0.1, 0.15) is 95.1 Å². The number of ether oxygens (including phenoxy) is 1. The van der Waals surface area contributed by atoms with Crippen LogP contribution in [0.4, 0.5) is 5.69 Å². The summed E-state index contributed by atoms with van der Waals surface area (Å²) < 4.78 is 5.84. The molecule has 184 valence electrons. The highest BCUT2D eigenvalue weighted by Crippen LogP contribution is 2.41. The van der Waals surface area contributed by atoms with E-state index in [1.165, 1.54) is 0 Å². The Morgan fingerprint density at radius 2 is 1.38 bits per heavy atom. The Balaban J connectivity index is 2.00. The van der Waals surface area contributed by atoms with E-state index in [2.05, 4.69) is 52.2 Å². The second-order valence-corrected chi connectivity index (χ2v) is 11.5. The van der Waals surface area contributed by atoms with Crippen LogP contribution in [0, 0.1) is 0 Å². The predicted octanol–water partition coefficient (Wildman–Crippen LogP) is 6.36. The molecule has 0 saturated heterocycles. The minimum atomic E-state index is -0.922. The molecule has 1 aliphatic rings. The zero-order valence-electron chi connectivity index (χ0n) is 21.8. The first kappa shape index (κ1) is 25.8. The summed E-state index contributed by atoms with van der Waals surface area (Å²) in [5.74, 6) is 0.460. The Morgan fingerprint density at radius 1 is 0.853 bits per heavy atom. The molecule has 2 aromatic rings. The van der Waals surface area contributed by atoms with Crippen molar-refractivity contribution in [3.63, 3.8) is 0 Å². The van der Waals surface area contributed by atoms with Gasteiger partial charge in [-0.05, 0) is 47.9 Å². The summed E-state index contributed by atoms with van der Waals surface area (Å²) in [5, 5.41) is 6.20. The standard InChI is InChI=1S/C29H40N2O3/c1-27(2,3)22-18-20(19-23(24(22)34-7)28(4,5)6)25(32)31-29(16-12-9-13-17-29)26(33)30-21-14-10-8-11-15-21/h8,10-11,14-15,18-19H,9,12-13,16-17H2,1-7H3,(H,30,33)(H,31,32). The molecular formula is C29H40N2O3. The molecule has 5 nitrogen and oxygen atoms in total. The van der Waals surface area contributed by atoms with Gasteiger partial charge in [0.15, 0.2) is 0 Å².